The Kier molecular flexibility index (Phi) is 2.91. The molecule has 1 aliphatic heterocycles. The summed E-state index contributed by atoms with van der Waals surface area (Å²) in [6.07, 6.45) is 0.927. The predicted molar refractivity (Wildman–Crippen MR) is 81.7 cm³/mol. The molecule has 2 N–H and O–H groups in total. The van der Waals surface area contributed by atoms with Gasteiger partial charge in [-0.1, -0.05) is 17.9 Å². The Bertz CT molecular complexity index is 720. The van der Waals surface area contributed by atoms with E-state index in [1.807, 2.05) is 36.4 Å². The molecule has 2 aromatic rings. The van der Waals surface area contributed by atoms with E-state index in [0.717, 1.165) is 29.0 Å². The van der Waals surface area contributed by atoms with Crippen molar-refractivity contribution in [3.63, 3.8) is 0 Å². The van der Waals surface area contributed by atoms with Crippen LogP contribution in [-0.2, 0) is 6.42 Å². The highest BCUT2D eigenvalue weighted by molar-refractivity contribution is 5.52. The maximum Gasteiger partial charge on any atom is 0.123 e. The molecule has 2 aromatic carbocycles. The molecule has 0 amide bonds. The van der Waals surface area contributed by atoms with Gasteiger partial charge in [-0.15, -0.1) is 0 Å². The second kappa shape index (κ2) is 4.61. The number of nitrogen functional groups attached to an aromatic ring is 1. The number of hydrogen-bond donors (Lipinski definition) is 1. The van der Waals surface area contributed by atoms with Crippen LogP contribution in [0, 0.1) is 11.8 Å². The molecular weight excluding hydrogens is 246 g/mol. The fourth-order valence-electron chi connectivity index (χ4n) is 2.45. The second-order valence-corrected chi connectivity index (χ2v) is 5.74. The van der Waals surface area contributed by atoms with E-state index in [0.29, 0.717) is 0 Å². The zero-order valence-corrected chi connectivity index (χ0v) is 11.7. The Morgan fingerprint density at radius 3 is 2.55 bits per heavy atom. The summed E-state index contributed by atoms with van der Waals surface area (Å²) in [6, 6.07) is 13.7. The summed E-state index contributed by atoms with van der Waals surface area (Å²) in [5.41, 5.74) is 9.55. The Hall–Kier alpha value is -2.40. The van der Waals surface area contributed by atoms with E-state index in [1.165, 1.54) is 5.56 Å². The topological polar surface area (TPSA) is 35.2 Å². The van der Waals surface area contributed by atoms with Crippen LogP contribution in [0.4, 0.5) is 5.69 Å². The van der Waals surface area contributed by atoms with Crippen molar-refractivity contribution < 1.29 is 4.74 Å². The number of rotatable bonds is 0. The number of ether oxygens (including phenoxy) is 1. The van der Waals surface area contributed by atoms with E-state index in [9.17, 15) is 0 Å². The van der Waals surface area contributed by atoms with Gasteiger partial charge in [0.2, 0.25) is 0 Å². The predicted octanol–water partition coefficient (Wildman–Crippen LogP) is 3.38. The average Bonchev–Trinajstić information content (AvgIpc) is 2.69. The van der Waals surface area contributed by atoms with Crippen LogP contribution in [0.1, 0.15) is 30.5 Å². The van der Waals surface area contributed by atoms with Crippen molar-refractivity contribution in [1.29, 1.82) is 0 Å². The molecule has 3 rings (SSSR count). The number of anilines is 1. The first-order chi connectivity index (χ1) is 9.52. The highest BCUT2D eigenvalue weighted by Crippen LogP contribution is 2.34. The van der Waals surface area contributed by atoms with Gasteiger partial charge in [0, 0.05) is 23.2 Å². The van der Waals surface area contributed by atoms with Crippen molar-refractivity contribution in [2.75, 3.05) is 5.73 Å². The third kappa shape index (κ3) is 2.62. The average molecular weight is 263 g/mol. The van der Waals surface area contributed by atoms with Gasteiger partial charge in [0.25, 0.3) is 0 Å². The molecule has 0 spiro atoms. The van der Waals surface area contributed by atoms with E-state index >= 15 is 0 Å². The summed E-state index contributed by atoms with van der Waals surface area (Å²) >= 11 is 0. The molecular formula is C18H17NO. The zero-order chi connectivity index (χ0) is 14.2. The molecule has 2 heteroatoms. The molecule has 0 fully saturated rings. The van der Waals surface area contributed by atoms with Crippen LogP contribution in [0.2, 0.25) is 0 Å². The second-order valence-electron chi connectivity index (χ2n) is 5.74. The van der Waals surface area contributed by atoms with Gasteiger partial charge < -0.3 is 10.5 Å². The van der Waals surface area contributed by atoms with Crippen LogP contribution >= 0.6 is 0 Å². The minimum absolute atomic E-state index is 0.109. The lowest BCUT2D eigenvalue weighted by atomic mass is 10.0. The molecule has 0 aliphatic carbocycles. The van der Waals surface area contributed by atoms with Crippen LogP contribution in [0.25, 0.3) is 0 Å². The van der Waals surface area contributed by atoms with Gasteiger partial charge in [-0.05, 0) is 55.8 Å². The SMILES string of the molecule is CC1(C)Cc2cc(C#Cc3cccc(N)c3)ccc2O1. The molecule has 0 atom stereocenters. The summed E-state index contributed by atoms with van der Waals surface area (Å²) in [6.45, 7) is 4.20. The molecule has 1 heterocycles. The minimum Gasteiger partial charge on any atom is -0.487 e. The van der Waals surface area contributed by atoms with Gasteiger partial charge in [-0.25, -0.2) is 0 Å². The van der Waals surface area contributed by atoms with Crippen LogP contribution in [-0.4, -0.2) is 5.60 Å². The van der Waals surface area contributed by atoms with Crippen LogP contribution in [0.3, 0.4) is 0 Å². The van der Waals surface area contributed by atoms with E-state index in [1.54, 1.807) is 0 Å². The normalized spacial score (nSPS) is 14.9. The number of nitrogens with two attached hydrogens (primary N) is 1. The van der Waals surface area contributed by atoms with Crippen molar-refractivity contribution in [2.45, 2.75) is 25.9 Å². The molecule has 0 radical (unpaired) electrons. The maximum atomic E-state index is 5.86. The summed E-state index contributed by atoms with van der Waals surface area (Å²) in [5, 5.41) is 0. The Balaban J connectivity index is 1.88. The lowest BCUT2D eigenvalue weighted by Crippen LogP contribution is -2.24. The fourth-order valence-corrected chi connectivity index (χ4v) is 2.45. The van der Waals surface area contributed by atoms with Crippen molar-refractivity contribution >= 4 is 5.69 Å². The lowest BCUT2D eigenvalue weighted by molar-refractivity contribution is 0.138. The fraction of sp³-hybridized carbons (Fsp3) is 0.222. The Morgan fingerprint density at radius 1 is 1.05 bits per heavy atom. The highest BCUT2D eigenvalue weighted by Gasteiger charge is 2.29. The largest absolute Gasteiger partial charge is 0.487 e. The molecule has 0 saturated heterocycles. The molecule has 20 heavy (non-hydrogen) atoms. The summed E-state index contributed by atoms with van der Waals surface area (Å²) in [7, 11) is 0. The highest BCUT2D eigenvalue weighted by atomic mass is 16.5. The van der Waals surface area contributed by atoms with Crippen LogP contribution in [0.15, 0.2) is 42.5 Å². The standard InChI is InChI=1S/C18H17NO/c1-18(2)12-15-10-14(8-9-17(15)20-18)7-6-13-4-3-5-16(19)11-13/h3-5,8-11H,12,19H2,1-2H3. The molecule has 0 saturated carbocycles. The van der Waals surface area contributed by atoms with Gasteiger partial charge in [0.15, 0.2) is 0 Å². The number of fused-ring (bicyclic) bond motifs is 1. The third-order valence-corrected chi connectivity index (χ3v) is 3.30. The molecule has 0 aromatic heterocycles. The molecule has 1 aliphatic rings. The van der Waals surface area contributed by atoms with Gasteiger partial charge >= 0.3 is 0 Å². The maximum absolute atomic E-state index is 5.86. The first kappa shape index (κ1) is 12.6. The first-order valence-electron chi connectivity index (χ1n) is 6.71. The minimum atomic E-state index is -0.109. The number of benzene rings is 2. The van der Waals surface area contributed by atoms with Crippen molar-refractivity contribution in [2.24, 2.45) is 0 Å². The smallest absolute Gasteiger partial charge is 0.123 e. The van der Waals surface area contributed by atoms with Gasteiger partial charge in [0.05, 0.1) is 0 Å². The van der Waals surface area contributed by atoms with E-state index in [4.69, 9.17) is 10.5 Å². The van der Waals surface area contributed by atoms with Crippen molar-refractivity contribution in [1.82, 2.24) is 0 Å². The lowest BCUT2D eigenvalue weighted by Gasteiger charge is -2.16. The van der Waals surface area contributed by atoms with Crippen molar-refractivity contribution in [3.05, 3.63) is 59.2 Å². The quantitative estimate of drug-likeness (QED) is 0.584. The van der Waals surface area contributed by atoms with E-state index in [2.05, 4.69) is 31.8 Å². The summed E-state index contributed by atoms with van der Waals surface area (Å²) in [4.78, 5) is 0. The Labute approximate surface area is 119 Å². The van der Waals surface area contributed by atoms with E-state index < -0.39 is 0 Å². The summed E-state index contributed by atoms with van der Waals surface area (Å²) < 4.78 is 5.86. The van der Waals surface area contributed by atoms with Crippen LogP contribution < -0.4 is 10.5 Å². The van der Waals surface area contributed by atoms with E-state index in [-0.39, 0.29) is 5.60 Å². The van der Waals surface area contributed by atoms with Crippen LogP contribution in [0.5, 0.6) is 5.75 Å². The number of hydrogen-bond acceptors (Lipinski definition) is 2. The van der Waals surface area contributed by atoms with Gasteiger partial charge in [-0.3, -0.25) is 0 Å². The summed E-state index contributed by atoms with van der Waals surface area (Å²) in [5.74, 6) is 7.30. The molecule has 2 nitrogen and oxygen atoms in total. The van der Waals surface area contributed by atoms with Crippen molar-refractivity contribution in [3.8, 4) is 17.6 Å². The molecule has 0 bridgehead atoms. The van der Waals surface area contributed by atoms with Gasteiger partial charge in [-0.2, -0.15) is 0 Å². The molecule has 100 valence electrons. The first-order valence-corrected chi connectivity index (χ1v) is 6.71. The third-order valence-electron chi connectivity index (χ3n) is 3.30. The Morgan fingerprint density at radius 2 is 1.80 bits per heavy atom. The zero-order valence-electron chi connectivity index (χ0n) is 11.7. The molecule has 0 unspecified atom stereocenters. The monoisotopic (exact) mass is 263 g/mol. The van der Waals surface area contributed by atoms with Gasteiger partial charge in [0.1, 0.15) is 11.4 Å².